The zero-order valence-electron chi connectivity index (χ0n) is 13.1. The molecule has 2 nitrogen and oxygen atoms in total. The van der Waals surface area contributed by atoms with Crippen LogP contribution in [0.1, 0.15) is 85.0 Å². The van der Waals surface area contributed by atoms with E-state index < -0.39 is 0 Å². The van der Waals surface area contributed by atoms with Crippen LogP contribution in [-0.4, -0.2) is 12.1 Å². The molecule has 1 unspecified atom stereocenters. The quantitative estimate of drug-likeness (QED) is 0.651. The maximum absolute atomic E-state index is 11.8. The topological polar surface area (TPSA) is 26.3 Å². The number of hydrogen-bond acceptors (Lipinski definition) is 2. The maximum atomic E-state index is 11.8. The molecule has 112 valence electrons. The molecule has 0 heterocycles. The van der Waals surface area contributed by atoms with Gasteiger partial charge < -0.3 is 4.74 Å². The zero-order chi connectivity index (χ0) is 14.1. The molecule has 0 radical (unpaired) electrons. The fourth-order valence-electron chi connectivity index (χ4n) is 2.80. The Bertz CT molecular complexity index is 248. The first kappa shape index (κ1) is 16.5. The standard InChI is InChI=1S/C17H32O2/c1-14(2)17(18)19-16-13-11-9-7-5-4-6-8-10-12-15(16)3/h14-16H,4-13H2,1-3H3/t15-,16?/m0/s1. The van der Waals surface area contributed by atoms with E-state index in [1.807, 2.05) is 13.8 Å². The Labute approximate surface area is 119 Å². The highest BCUT2D eigenvalue weighted by Gasteiger charge is 2.22. The molecule has 0 aromatic carbocycles. The van der Waals surface area contributed by atoms with Crippen LogP contribution in [0.2, 0.25) is 0 Å². The number of esters is 1. The highest BCUT2D eigenvalue weighted by Crippen LogP contribution is 2.24. The van der Waals surface area contributed by atoms with Gasteiger partial charge in [-0.25, -0.2) is 0 Å². The summed E-state index contributed by atoms with van der Waals surface area (Å²) in [5.41, 5.74) is 0. The summed E-state index contributed by atoms with van der Waals surface area (Å²) in [5, 5.41) is 0. The van der Waals surface area contributed by atoms with E-state index in [0.29, 0.717) is 5.92 Å². The van der Waals surface area contributed by atoms with Crippen LogP contribution in [-0.2, 0) is 9.53 Å². The van der Waals surface area contributed by atoms with Crippen molar-refractivity contribution in [2.24, 2.45) is 11.8 Å². The van der Waals surface area contributed by atoms with E-state index in [-0.39, 0.29) is 18.0 Å². The van der Waals surface area contributed by atoms with Crippen molar-refractivity contribution in [3.05, 3.63) is 0 Å². The molecule has 1 aliphatic rings. The molecule has 1 aliphatic carbocycles. The SMILES string of the molecule is CC(C)C(=O)OC1CCCCCCCCCC[C@@H]1C. The molecule has 0 amide bonds. The summed E-state index contributed by atoms with van der Waals surface area (Å²) >= 11 is 0. The van der Waals surface area contributed by atoms with Gasteiger partial charge in [-0.15, -0.1) is 0 Å². The van der Waals surface area contributed by atoms with Crippen molar-refractivity contribution < 1.29 is 9.53 Å². The molecular weight excluding hydrogens is 236 g/mol. The molecule has 0 aliphatic heterocycles. The molecular formula is C17H32O2. The van der Waals surface area contributed by atoms with E-state index in [4.69, 9.17) is 4.74 Å². The summed E-state index contributed by atoms with van der Waals surface area (Å²) in [7, 11) is 0. The summed E-state index contributed by atoms with van der Waals surface area (Å²) in [5.74, 6) is 0.486. The van der Waals surface area contributed by atoms with Crippen LogP contribution in [0.15, 0.2) is 0 Å². The van der Waals surface area contributed by atoms with Crippen molar-refractivity contribution in [1.82, 2.24) is 0 Å². The smallest absolute Gasteiger partial charge is 0.308 e. The van der Waals surface area contributed by atoms with Gasteiger partial charge in [0, 0.05) is 0 Å². The fraction of sp³-hybridized carbons (Fsp3) is 0.941. The third-order valence-corrected chi connectivity index (χ3v) is 4.27. The maximum Gasteiger partial charge on any atom is 0.308 e. The Morgan fingerprint density at radius 2 is 1.37 bits per heavy atom. The summed E-state index contributed by atoms with van der Waals surface area (Å²) < 4.78 is 5.73. The van der Waals surface area contributed by atoms with Crippen LogP contribution in [0.4, 0.5) is 0 Å². The van der Waals surface area contributed by atoms with Gasteiger partial charge in [0.15, 0.2) is 0 Å². The van der Waals surface area contributed by atoms with Crippen LogP contribution in [0.3, 0.4) is 0 Å². The van der Waals surface area contributed by atoms with E-state index >= 15 is 0 Å². The second kappa shape index (κ2) is 9.39. The third-order valence-electron chi connectivity index (χ3n) is 4.27. The average molecular weight is 268 g/mol. The van der Waals surface area contributed by atoms with Crippen molar-refractivity contribution in [1.29, 1.82) is 0 Å². The number of rotatable bonds is 2. The molecule has 0 spiro atoms. The van der Waals surface area contributed by atoms with E-state index in [9.17, 15) is 4.79 Å². The fourth-order valence-corrected chi connectivity index (χ4v) is 2.80. The summed E-state index contributed by atoms with van der Waals surface area (Å²) in [6.07, 6.45) is 13.0. The summed E-state index contributed by atoms with van der Waals surface area (Å²) in [6, 6.07) is 0. The second-order valence-electron chi connectivity index (χ2n) is 6.51. The van der Waals surface area contributed by atoms with E-state index in [0.717, 1.165) is 6.42 Å². The van der Waals surface area contributed by atoms with Crippen LogP contribution < -0.4 is 0 Å². The Morgan fingerprint density at radius 1 is 0.895 bits per heavy atom. The number of hydrogen-bond donors (Lipinski definition) is 0. The molecule has 19 heavy (non-hydrogen) atoms. The lowest BCUT2D eigenvalue weighted by Crippen LogP contribution is -2.27. The normalized spacial score (nSPS) is 27.4. The van der Waals surface area contributed by atoms with Gasteiger partial charge in [0.25, 0.3) is 0 Å². The predicted molar refractivity (Wildman–Crippen MR) is 80.1 cm³/mol. The number of carbonyl (C=O) groups is 1. The number of carbonyl (C=O) groups excluding carboxylic acids is 1. The van der Waals surface area contributed by atoms with Crippen LogP contribution in [0, 0.1) is 11.8 Å². The zero-order valence-corrected chi connectivity index (χ0v) is 13.1. The number of ether oxygens (including phenoxy) is 1. The molecule has 1 saturated carbocycles. The Hall–Kier alpha value is -0.530. The lowest BCUT2D eigenvalue weighted by Gasteiger charge is -2.25. The highest BCUT2D eigenvalue weighted by atomic mass is 16.5. The first-order valence-corrected chi connectivity index (χ1v) is 8.31. The molecule has 0 N–H and O–H groups in total. The first-order valence-electron chi connectivity index (χ1n) is 8.31. The molecule has 0 aromatic rings. The molecule has 0 bridgehead atoms. The van der Waals surface area contributed by atoms with Gasteiger partial charge in [-0.3, -0.25) is 4.79 Å². The van der Waals surface area contributed by atoms with Crippen LogP contribution in [0.5, 0.6) is 0 Å². The summed E-state index contributed by atoms with van der Waals surface area (Å²) in [6.45, 7) is 6.09. The highest BCUT2D eigenvalue weighted by molar-refractivity contribution is 5.71. The molecule has 0 aromatic heterocycles. The van der Waals surface area contributed by atoms with Crippen LogP contribution >= 0.6 is 0 Å². The molecule has 2 heteroatoms. The van der Waals surface area contributed by atoms with Crippen molar-refractivity contribution in [2.75, 3.05) is 0 Å². The van der Waals surface area contributed by atoms with Gasteiger partial charge in [-0.1, -0.05) is 65.7 Å². The largest absolute Gasteiger partial charge is 0.462 e. The van der Waals surface area contributed by atoms with Crippen molar-refractivity contribution in [3.8, 4) is 0 Å². The average Bonchev–Trinajstić information content (AvgIpc) is 2.37. The third kappa shape index (κ3) is 6.98. The van der Waals surface area contributed by atoms with Crippen molar-refractivity contribution >= 4 is 5.97 Å². The Balaban J connectivity index is 2.48. The molecule has 0 saturated heterocycles. The monoisotopic (exact) mass is 268 g/mol. The van der Waals surface area contributed by atoms with E-state index in [2.05, 4.69) is 6.92 Å². The van der Waals surface area contributed by atoms with Crippen molar-refractivity contribution in [3.63, 3.8) is 0 Å². The molecule has 1 fully saturated rings. The van der Waals surface area contributed by atoms with Gasteiger partial charge in [0.05, 0.1) is 5.92 Å². The van der Waals surface area contributed by atoms with Gasteiger partial charge >= 0.3 is 5.97 Å². The van der Waals surface area contributed by atoms with Gasteiger partial charge in [0.1, 0.15) is 6.10 Å². The summed E-state index contributed by atoms with van der Waals surface area (Å²) in [4.78, 5) is 11.8. The Morgan fingerprint density at radius 3 is 1.89 bits per heavy atom. The Kier molecular flexibility index (Phi) is 8.16. The minimum atomic E-state index is -0.0241. The lowest BCUT2D eigenvalue weighted by molar-refractivity contribution is -0.156. The second-order valence-corrected chi connectivity index (χ2v) is 6.51. The van der Waals surface area contributed by atoms with Gasteiger partial charge in [0.2, 0.25) is 0 Å². The van der Waals surface area contributed by atoms with Crippen LogP contribution in [0.25, 0.3) is 0 Å². The van der Waals surface area contributed by atoms with E-state index in [1.165, 1.54) is 57.8 Å². The molecule has 1 rings (SSSR count). The van der Waals surface area contributed by atoms with E-state index in [1.54, 1.807) is 0 Å². The predicted octanol–water partition coefficient (Wildman–Crippen LogP) is 5.10. The first-order chi connectivity index (χ1) is 9.11. The minimum absolute atomic E-state index is 0.00594. The van der Waals surface area contributed by atoms with Gasteiger partial charge in [-0.05, 0) is 25.2 Å². The van der Waals surface area contributed by atoms with Gasteiger partial charge in [-0.2, -0.15) is 0 Å². The lowest BCUT2D eigenvalue weighted by atomic mass is 9.91. The minimum Gasteiger partial charge on any atom is -0.462 e. The van der Waals surface area contributed by atoms with Crippen molar-refractivity contribution in [2.45, 2.75) is 91.1 Å². The molecule has 2 atom stereocenters.